The van der Waals surface area contributed by atoms with Gasteiger partial charge >= 0.3 is 0 Å². The third-order valence-corrected chi connectivity index (χ3v) is 5.40. The van der Waals surface area contributed by atoms with Gasteiger partial charge in [0.05, 0.1) is 6.10 Å². The number of guanidine groups is 1. The molecule has 2 rings (SSSR count). The molecule has 7 nitrogen and oxygen atoms in total. The fourth-order valence-corrected chi connectivity index (χ4v) is 3.50. The minimum absolute atomic E-state index is 0.0133. The molecule has 0 saturated carbocycles. The van der Waals surface area contributed by atoms with Crippen LogP contribution >= 0.6 is 0 Å². The van der Waals surface area contributed by atoms with E-state index in [0.717, 1.165) is 57.9 Å². The van der Waals surface area contributed by atoms with E-state index in [1.807, 2.05) is 0 Å². The predicted molar refractivity (Wildman–Crippen MR) is 110 cm³/mol. The lowest BCUT2D eigenvalue weighted by Gasteiger charge is -2.33. The monoisotopic (exact) mass is 381 g/mol. The molecule has 2 saturated heterocycles. The third-order valence-electron chi connectivity index (χ3n) is 5.40. The van der Waals surface area contributed by atoms with Gasteiger partial charge in [0.1, 0.15) is 6.54 Å². The number of nitrogens with zero attached hydrogens (tertiary/aromatic N) is 3. The van der Waals surface area contributed by atoms with Crippen molar-refractivity contribution in [1.29, 1.82) is 0 Å². The standard InChI is InChI=1S/C20H39N5O2/c1-4-5-11-25-12-9-17(10-13-25)23-20(22-16-19(26)24(2)3)21-15-18-8-6-7-14-27-18/h17-18H,4-16H2,1-3H3,(H2,21,22,23). The summed E-state index contributed by atoms with van der Waals surface area (Å²) in [5, 5.41) is 6.96. The van der Waals surface area contributed by atoms with E-state index >= 15 is 0 Å². The van der Waals surface area contributed by atoms with Gasteiger partial charge in [-0.25, -0.2) is 4.99 Å². The minimum atomic E-state index is 0.0133. The van der Waals surface area contributed by atoms with Crippen LogP contribution in [-0.4, -0.2) is 87.2 Å². The summed E-state index contributed by atoms with van der Waals surface area (Å²) in [5.74, 6) is 0.755. The molecule has 0 bridgehead atoms. The number of amides is 1. The largest absolute Gasteiger partial charge is 0.376 e. The summed E-state index contributed by atoms with van der Waals surface area (Å²) in [7, 11) is 3.53. The van der Waals surface area contributed by atoms with Gasteiger partial charge in [-0.1, -0.05) is 13.3 Å². The number of rotatable bonds is 8. The van der Waals surface area contributed by atoms with Crippen LogP contribution in [0.5, 0.6) is 0 Å². The first-order valence-electron chi connectivity index (χ1n) is 10.7. The molecule has 1 atom stereocenters. The Labute approximate surface area is 164 Å². The molecule has 0 radical (unpaired) electrons. The number of nitrogens with one attached hydrogen (secondary N) is 2. The van der Waals surface area contributed by atoms with E-state index in [1.165, 1.54) is 25.8 Å². The summed E-state index contributed by atoms with van der Waals surface area (Å²) >= 11 is 0. The van der Waals surface area contributed by atoms with Crippen molar-refractivity contribution in [2.45, 2.75) is 64.0 Å². The van der Waals surface area contributed by atoms with Gasteiger partial charge in [0, 0.05) is 46.4 Å². The molecule has 2 heterocycles. The van der Waals surface area contributed by atoms with Gasteiger partial charge in [0.2, 0.25) is 5.91 Å². The maximum Gasteiger partial charge on any atom is 0.243 e. The van der Waals surface area contributed by atoms with Gasteiger partial charge in [0.25, 0.3) is 0 Å². The molecule has 7 heteroatoms. The van der Waals surface area contributed by atoms with E-state index in [1.54, 1.807) is 19.0 Å². The lowest BCUT2D eigenvalue weighted by atomic mass is 10.0. The number of unbranched alkanes of at least 4 members (excludes halogenated alkanes) is 1. The Balaban J connectivity index is 1.83. The van der Waals surface area contributed by atoms with Crippen LogP contribution in [0.1, 0.15) is 51.9 Å². The number of hydrogen-bond donors (Lipinski definition) is 2. The second kappa shape index (κ2) is 12.2. The molecule has 0 aromatic rings. The van der Waals surface area contributed by atoms with Crippen molar-refractivity contribution in [1.82, 2.24) is 20.4 Å². The Hall–Kier alpha value is -1.34. The first-order valence-corrected chi connectivity index (χ1v) is 10.7. The van der Waals surface area contributed by atoms with E-state index in [4.69, 9.17) is 4.74 Å². The lowest BCUT2D eigenvalue weighted by Crippen LogP contribution is -2.50. The van der Waals surface area contributed by atoms with Crippen molar-refractivity contribution in [3.05, 3.63) is 0 Å². The predicted octanol–water partition coefficient (Wildman–Crippen LogP) is 1.44. The molecule has 27 heavy (non-hydrogen) atoms. The normalized spacial score (nSPS) is 22.5. The molecule has 1 amide bonds. The fourth-order valence-electron chi connectivity index (χ4n) is 3.50. The number of likely N-dealkylation sites (tertiary alicyclic amines) is 1. The summed E-state index contributed by atoms with van der Waals surface area (Å²) < 4.78 is 5.81. The van der Waals surface area contributed by atoms with Crippen LogP contribution < -0.4 is 10.6 Å². The Bertz CT molecular complexity index is 455. The topological polar surface area (TPSA) is 69.2 Å². The van der Waals surface area contributed by atoms with Gasteiger partial charge in [-0.15, -0.1) is 0 Å². The first-order chi connectivity index (χ1) is 13.1. The summed E-state index contributed by atoms with van der Waals surface area (Å²) in [6.45, 7) is 7.48. The average molecular weight is 382 g/mol. The number of carbonyl (C=O) groups is 1. The van der Waals surface area contributed by atoms with E-state index in [-0.39, 0.29) is 18.6 Å². The number of aliphatic imine (C=N–C) groups is 1. The third kappa shape index (κ3) is 8.47. The highest BCUT2D eigenvalue weighted by Crippen LogP contribution is 2.13. The van der Waals surface area contributed by atoms with E-state index in [2.05, 4.69) is 27.4 Å². The fraction of sp³-hybridized carbons (Fsp3) is 0.900. The first kappa shape index (κ1) is 22.0. The molecule has 0 spiro atoms. The number of hydrogen-bond acceptors (Lipinski definition) is 4. The quantitative estimate of drug-likeness (QED) is 0.492. The van der Waals surface area contributed by atoms with E-state index in [0.29, 0.717) is 6.04 Å². The zero-order valence-electron chi connectivity index (χ0n) is 17.5. The Morgan fingerprint density at radius 2 is 2.00 bits per heavy atom. The van der Waals surface area contributed by atoms with Crippen LogP contribution in [0.25, 0.3) is 0 Å². The minimum Gasteiger partial charge on any atom is -0.376 e. The number of ether oxygens (including phenoxy) is 1. The molecule has 156 valence electrons. The molecule has 0 aromatic carbocycles. The highest BCUT2D eigenvalue weighted by molar-refractivity contribution is 5.84. The molecule has 2 aliphatic heterocycles. The van der Waals surface area contributed by atoms with Crippen molar-refractivity contribution in [3.63, 3.8) is 0 Å². The van der Waals surface area contributed by atoms with Gasteiger partial charge < -0.3 is 25.2 Å². The highest BCUT2D eigenvalue weighted by Gasteiger charge is 2.21. The van der Waals surface area contributed by atoms with Crippen molar-refractivity contribution in [2.24, 2.45) is 4.99 Å². The Kier molecular flexibility index (Phi) is 9.91. The molecular weight excluding hydrogens is 342 g/mol. The second-order valence-electron chi connectivity index (χ2n) is 7.94. The summed E-state index contributed by atoms with van der Waals surface area (Å²) in [4.78, 5) is 20.6. The molecule has 2 aliphatic rings. The van der Waals surface area contributed by atoms with Crippen LogP contribution in [0.3, 0.4) is 0 Å². The number of carbonyl (C=O) groups excluding carboxylic acids is 1. The molecule has 2 fully saturated rings. The van der Waals surface area contributed by atoms with Gasteiger partial charge in [-0.2, -0.15) is 0 Å². The van der Waals surface area contributed by atoms with E-state index < -0.39 is 0 Å². The summed E-state index contributed by atoms with van der Waals surface area (Å²) in [6.07, 6.45) is 8.48. The molecular formula is C20H39N5O2. The maximum absolute atomic E-state index is 11.9. The zero-order valence-corrected chi connectivity index (χ0v) is 17.5. The maximum atomic E-state index is 11.9. The number of piperidine rings is 1. The van der Waals surface area contributed by atoms with Crippen molar-refractivity contribution < 1.29 is 9.53 Å². The summed E-state index contributed by atoms with van der Waals surface area (Å²) in [5.41, 5.74) is 0. The second-order valence-corrected chi connectivity index (χ2v) is 7.94. The molecule has 0 aliphatic carbocycles. The van der Waals surface area contributed by atoms with Crippen LogP contribution in [0, 0.1) is 0 Å². The molecule has 0 aromatic heterocycles. The van der Waals surface area contributed by atoms with Gasteiger partial charge in [-0.3, -0.25) is 4.79 Å². The average Bonchev–Trinajstić information content (AvgIpc) is 2.69. The van der Waals surface area contributed by atoms with Crippen LogP contribution in [-0.2, 0) is 9.53 Å². The lowest BCUT2D eigenvalue weighted by molar-refractivity contribution is -0.127. The molecule has 2 N–H and O–H groups in total. The number of likely N-dealkylation sites (N-methyl/N-ethyl adjacent to an activating group) is 1. The van der Waals surface area contributed by atoms with Crippen LogP contribution in [0.2, 0.25) is 0 Å². The summed E-state index contributed by atoms with van der Waals surface area (Å²) in [6, 6.07) is 0.413. The van der Waals surface area contributed by atoms with E-state index in [9.17, 15) is 4.79 Å². The van der Waals surface area contributed by atoms with Crippen molar-refractivity contribution in [3.8, 4) is 0 Å². The molecule has 1 unspecified atom stereocenters. The van der Waals surface area contributed by atoms with Gasteiger partial charge in [-0.05, 0) is 45.1 Å². The Morgan fingerprint density at radius 3 is 2.63 bits per heavy atom. The Morgan fingerprint density at radius 1 is 1.22 bits per heavy atom. The van der Waals surface area contributed by atoms with Crippen LogP contribution in [0.15, 0.2) is 4.99 Å². The SMILES string of the molecule is CCCCN1CCC(NC(=NCC(=O)N(C)C)NCC2CCCCO2)CC1. The smallest absolute Gasteiger partial charge is 0.243 e. The van der Waals surface area contributed by atoms with Crippen LogP contribution in [0.4, 0.5) is 0 Å². The zero-order chi connectivity index (χ0) is 19.5. The van der Waals surface area contributed by atoms with Gasteiger partial charge in [0.15, 0.2) is 5.96 Å². The van der Waals surface area contributed by atoms with Crippen molar-refractivity contribution in [2.75, 3.05) is 53.4 Å². The van der Waals surface area contributed by atoms with Crippen molar-refractivity contribution >= 4 is 11.9 Å². The highest BCUT2D eigenvalue weighted by atomic mass is 16.5.